The van der Waals surface area contributed by atoms with E-state index in [2.05, 4.69) is 0 Å². The lowest BCUT2D eigenvalue weighted by atomic mass is 9.87. The van der Waals surface area contributed by atoms with Crippen molar-refractivity contribution in [2.75, 3.05) is 0 Å². The SMILES string of the molecule is CC(C)C(C(=O)O)c1cccc(C(F)(F)C2CC2)c1. The fraction of sp³-hybridized carbons (Fsp3) is 0.533. The van der Waals surface area contributed by atoms with E-state index in [9.17, 15) is 18.7 Å². The topological polar surface area (TPSA) is 37.3 Å². The summed E-state index contributed by atoms with van der Waals surface area (Å²) in [5.41, 5.74) is 0.403. The number of benzene rings is 1. The summed E-state index contributed by atoms with van der Waals surface area (Å²) in [7, 11) is 0. The Morgan fingerprint density at radius 3 is 2.47 bits per heavy atom. The Balaban J connectivity index is 2.35. The van der Waals surface area contributed by atoms with Crippen LogP contribution >= 0.6 is 0 Å². The molecule has 2 nitrogen and oxygen atoms in total. The number of alkyl halides is 2. The third-order valence-electron chi connectivity index (χ3n) is 3.65. The molecule has 1 N–H and O–H groups in total. The van der Waals surface area contributed by atoms with Gasteiger partial charge in [-0.25, -0.2) is 8.78 Å². The molecule has 104 valence electrons. The second-order valence-corrected chi connectivity index (χ2v) is 5.58. The summed E-state index contributed by atoms with van der Waals surface area (Å²) in [6.07, 6.45) is 1.09. The van der Waals surface area contributed by atoms with Crippen molar-refractivity contribution in [1.82, 2.24) is 0 Å². The molecule has 0 amide bonds. The van der Waals surface area contributed by atoms with Crippen molar-refractivity contribution in [3.8, 4) is 0 Å². The lowest BCUT2D eigenvalue weighted by Gasteiger charge is -2.20. The maximum atomic E-state index is 14.0. The van der Waals surface area contributed by atoms with Crippen LogP contribution in [0.4, 0.5) is 8.78 Å². The molecule has 0 saturated heterocycles. The van der Waals surface area contributed by atoms with Gasteiger partial charge in [0.25, 0.3) is 5.92 Å². The van der Waals surface area contributed by atoms with Gasteiger partial charge in [0.05, 0.1) is 5.92 Å². The first kappa shape index (κ1) is 14.0. The van der Waals surface area contributed by atoms with Gasteiger partial charge in [0.15, 0.2) is 0 Å². The van der Waals surface area contributed by atoms with E-state index in [-0.39, 0.29) is 11.5 Å². The van der Waals surface area contributed by atoms with E-state index in [0.29, 0.717) is 18.4 Å². The molecule has 1 aromatic rings. The zero-order valence-electron chi connectivity index (χ0n) is 11.1. The highest BCUT2D eigenvalue weighted by atomic mass is 19.3. The molecule has 1 unspecified atom stereocenters. The van der Waals surface area contributed by atoms with Crippen molar-refractivity contribution in [1.29, 1.82) is 0 Å². The third kappa shape index (κ3) is 2.77. The van der Waals surface area contributed by atoms with Crippen LogP contribution in [0.15, 0.2) is 24.3 Å². The van der Waals surface area contributed by atoms with Gasteiger partial charge in [0.1, 0.15) is 0 Å². The molecule has 19 heavy (non-hydrogen) atoms. The molecule has 0 bridgehead atoms. The predicted octanol–water partition coefficient (Wildman–Crippen LogP) is 4.01. The Bertz CT molecular complexity index is 479. The summed E-state index contributed by atoms with van der Waals surface area (Å²) in [6, 6.07) is 5.89. The molecule has 1 saturated carbocycles. The lowest BCUT2D eigenvalue weighted by molar-refractivity contribution is -0.139. The molecule has 0 heterocycles. The highest BCUT2D eigenvalue weighted by molar-refractivity contribution is 5.76. The molecule has 0 spiro atoms. The average Bonchev–Trinajstić information content (AvgIpc) is 3.12. The van der Waals surface area contributed by atoms with Gasteiger partial charge >= 0.3 is 5.97 Å². The van der Waals surface area contributed by atoms with E-state index in [0.717, 1.165) is 0 Å². The van der Waals surface area contributed by atoms with Gasteiger partial charge < -0.3 is 5.11 Å². The molecule has 4 heteroatoms. The number of hydrogen-bond acceptors (Lipinski definition) is 1. The summed E-state index contributed by atoms with van der Waals surface area (Å²) in [6.45, 7) is 3.56. The van der Waals surface area contributed by atoms with Crippen LogP contribution in [0.2, 0.25) is 0 Å². The van der Waals surface area contributed by atoms with Gasteiger partial charge in [-0.3, -0.25) is 4.79 Å². The van der Waals surface area contributed by atoms with E-state index in [1.165, 1.54) is 18.2 Å². The minimum Gasteiger partial charge on any atom is -0.481 e. The van der Waals surface area contributed by atoms with Crippen LogP contribution in [-0.2, 0) is 10.7 Å². The van der Waals surface area contributed by atoms with Gasteiger partial charge in [0.2, 0.25) is 0 Å². The van der Waals surface area contributed by atoms with Gasteiger partial charge in [-0.05, 0) is 30.4 Å². The van der Waals surface area contributed by atoms with Gasteiger partial charge in [-0.2, -0.15) is 0 Å². The first-order chi connectivity index (χ1) is 8.84. The third-order valence-corrected chi connectivity index (χ3v) is 3.65. The van der Waals surface area contributed by atoms with E-state index < -0.39 is 23.7 Å². The second kappa shape index (κ2) is 4.91. The summed E-state index contributed by atoms with van der Waals surface area (Å²) >= 11 is 0. The first-order valence-corrected chi connectivity index (χ1v) is 6.55. The Labute approximate surface area is 111 Å². The standard InChI is InChI=1S/C15H18F2O2/c1-9(2)13(14(18)19)10-4-3-5-12(8-10)15(16,17)11-6-7-11/h3-5,8-9,11,13H,6-7H2,1-2H3,(H,18,19). The number of carboxylic acid groups (broad SMARTS) is 1. The zero-order valence-corrected chi connectivity index (χ0v) is 11.1. The Hall–Kier alpha value is -1.45. The minimum absolute atomic E-state index is 0.0561. The van der Waals surface area contributed by atoms with Crippen molar-refractivity contribution >= 4 is 5.97 Å². The van der Waals surface area contributed by atoms with Crippen LogP contribution in [0.5, 0.6) is 0 Å². The molecule has 0 radical (unpaired) electrons. The van der Waals surface area contributed by atoms with Crippen LogP contribution in [0, 0.1) is 11.8 Å². The molecule has 2 rings (SSSR count). The number of carbonyl (C=O) groups is 1. The second-order valence-electron chi connectivity index (χ2n) is 5.58. The Morgan fingerprint density at radius 1 is 1.37 bits per heavy atom. The van der Waals surface area contributed by atoms with Crippen molar-refractivity contribution in [2.24, 2.45) is 11.8 Å². The van der Waals surface area contributed by atoms with Gasteiger partial charge in [0, 0.05) is 11.5 Å². The maximum Gasteiger partial charge on any atom is 0.311 e. The summed E-state index contributed by atoms with van der Waals surface area (Å²) in [4.78, 5) is 11.3. The zero-order chi connectivity index (χ0) is 14.2. The maximum absolute atomic E-state index is 14.0. The van der Waals surface area contributed by atoms with Crippen LogP contribution < -0.4 is 0 Å². The number of carboxylic acids is 1. The van der Waals surface area contributed by atoms with Crippen LogP contribution in [0.25, 0.3) is 0 Å². The fourth-order valence-corrected chi connectivity index (χ4v) is 2.43. The van der Waals surface area contributed by atoms with Crippen LogP contribution in [-0.4, -0.2) is 11.1 Å². The Morgan fingerprint density at radius 2 is 2.00 bits per heavy atom. The molecule has 0 aliphatic heterocycles. The number of halogens is 2. The molecule has 0 aromatic heterocycles. The normalized spacial score (nSPS) is 17.5. The molecule has 1 fully saturated rings. The lowest BCUT2D eigenvalue weighted by Crippen LogP contribution is -2.20. The molecular formula is C15H18F2O2. The monoisotopic (exact) mass is 268 g/mol. The largest absolute Gasteiger partial charge is 0.481 e. The van der Waals surface area contributed by atoms with Crippen molar-refractivity contribution in [3.63, 3.8) is 0 Å². The van der Waals surface area contributed by atoms with E-state index in [1.54, 1.807) is 19.9 Å². The highest BCUT2D eigenvalue weighted by Crippen LogP contribution is 2.50. The molecule has 1 aliphatic carbocycles. The molecule has 1 aliphatic rings. The molecular weight excluding hydrogens is 250 g/mol. The summed E-state index contributed by atoms with van der Waals surface area (Å²) in [5, 5.41) is 9.22. The smallest absolute Gasteiger partial charge is 0.311 e. The Kier molecular flexibility index (Phi) is 3.61. The highest BCUT2D eigenvalue weighted by Gasteiger charge is 2.48. The van der Waals surface area contributed by atoms with Gasteiger partial charge in [-0.1, -0.05) is 32.0 Å². The van der Waals surface area contributed by atoms with Crippen LogP contribution in [0.3, 0.4) is 0 Å². The number of rotatable bonds is 5. The van der Waals surface area contributed by atoms with E-state index >= 15 is 0 Å². The molecule has 1 atom stereocenters. The minimum atomic E-state index is -2.84. The fourth-order valence-electron chi connectivity index (χ4n) is 2.43. The molecule has 1 aromatic carbocycles. The van der Waals surface area contributed by atoms with Crippen molar-refractivity contribution in [3.05, 3.63) is 35.4 Å². The predicted molar refractivity (Wildman–Crippen MR) is 68.3 cm³/mol. The summed E-state index contributed by atoms with van der Waals surface area (Å²) < 4.78 is 28.1. The van der Waals surface area contributed by atoms with Crippen molar-refractivity contribution < 1.29 is 18.7 Å². The number of aliphatic carboxylic acids is 1. The quantitative estimate of drug-likeness (QED) is 0.876. The van der Waals surface area contributed by atoms with E-state index in [4.69, 9.17) is 0 Å². The number of hydrogen-bond donors (Lipinski definition) is 1. The average molecular weight is 268 g/mol. The van der Waals surface area contributed by atoms with Crippen LogP contribution in [0.1, 0.15) is 43.7 Å². The van der Waals surface area contributed by atoms with Gasteiger partial charge in [-0.15, -0.1) is 0 Å². The van der Waals surface area contributed by atoms with E-state index in [1.807, 2.05) is 0 Å². The van der Waals surface area contributed by atoms with Crippen molar-refractivity contribution in [2.45, 2.75) is 38.5 Å². The summed E-state index contributed by atoms with van der Waals surface area (Å²) in [5.74, 6) is -5.26. The first-order valence-electron chi connectivity index (χ1n) is 6.55.